The summed E-state index contributed by atoms with van der Waals surface area (Å²) in [6.07, 6.45) is 5.61. The van der Waals surface area contributed by atoms with Gasteiger partial charge in [-0.1, -0.05) is 30.5 Å². The predicted molar refractivity (Wildman–Crippen MR) is 130 cm³/mol. The highest BCUT2D eigenvalue weighted by molar-refractivity contribution is 7.11. The zero-order valence-corrected chi connectivity index (χ0v) is 20.6. The number of unbranched alkanes of at least 4 members (excludes halogenated alkanes) is 3. The molecule has 3 rings (SSSR count). The Morgan fingerprint density at radius 1 is 1.27 bits per heavy atom. The number of carbonyl (C=O) groups is 1. The maximum atomic E-state index is 13.7. The molecule has 10 heteroatoms. The molecule has 0 saturated carbocycles. The van der Waals surface area contributed by atoms with E-state index >= 15 is 0 Å². The summed E-state index contributed by atoms with van der Waals surface area (Å²) in [5.74, 6) is 0.149. The molecule has 1 aromatic carbocycles. The Kier molecular flexibility index (Phi) is 10.1. The number of thiazole rings is 1. The van der Waals surface area contributed by atoms with E-state index in [-0.39, 0.29) is 23.8 Å². The van der Waals surface area contributed by atoms with Crippen molar-refractivity contribution in [1.82, 2.24) is 10.3 Å². The summed E-state index contributed by atoms with van der Waals surface area (Å²) in [5, 5.41) is 5.86. The Bertz CT molecular complexity index is 999. The Labute approximate surface area is 206 Å². The van der Waals surface area contributed by atoms with Crippen LogP contribution in [0.5, 0.6) is 0 Å². The molecule has 0 radical (unpaired) electrons. The van der Waals surface area contributed by atoms with E-state index in [0.717, 1.165) is 25.7 Å². The van der Waals surface area contributed by atoms with E-state index in [1.54, 1.807) is 13.1 Å². The van der Waals surface area contributed by atoms with Crippen LogP contribution in [0.25, 0.3) is 0 Å². The van der Waals surface area contributed by atoms with Gasteiger partial charge in [-0.15, -0.1) is 22.9 Å². The molecule has 0 amide bonds. The first-order valence-electron chi connectivity index (χ1n) is 10.8. The van der Waals surface area contributed by atoms with Gasteiger partial charge in [-0.2, -0.15) is 0 Å². The second kappa shape index (κ2) is 13.0. The normalized spacial score (nSPS) is 15.9. The van der Waals surface area contributed by atoms with Gasteiger partial charge in [0.25, 0.3) is 0 Å². The van der Waals surface area contributed by atoms with E-state index in [2.05, 4.69) is 10.3 Å². The van der Waals surface area contributed by atoms with Crippen molar-refractivity contribution in [2.45, 2.75) is 38.6 Å². The van der Waals surface area contributed by atoms with E-state index in [1.807, 2.05) is 5.38 Å². The molecular formula is C23H26Cl2FN3O3S. The van der Waals surface area contributed by atoms with Crippen molar-refractivity contribution in [3.05, 3.63) is 62.5 Å². The molecule has 1 aromatic heterocycles. The highest BCUT2D eigenvalue weighted by atomic mass is 35.5. The minimum absolute atomic E-state index is 0.156. The Morgan fingerprint density at radius 2 is 2.09 bits per heavy atom. The monoisotopic (exact) mass is 513 g/mol. The molecule has 1 aliphatic heterocycles. The average molecular weight is 514 g/mol. The molecule has 0 spiro atoms. The maximum absolute atomic E-state index is 13.7. The number of rotatable bonds is 12. The summed E-state index contributed by atoms with van der Waals surface area (Å²) in [6, 6.07) is 3.24. The molecule has 1 N–H and O–H groups in total. The van der Waals surface area contributed by atoms with E-state index in [1.165, 1.54) is 29.5 Å². The van der Waals surface area contributed by atoms with Gasteiger partial charge in [0.15, 0.2) is 10.8 Å². The van der Waals surface area contributed by atoms with Crippen LogP contribution in [0.2, 0.25) is 5.02 Å². The molecule has 1 unspecified atom stereocenters. The Morgan fingerprint density at radius 3 is 2.79 bits per heavy atom. The smallest absolute Gasteiger partial charge is 0.338 e. The standard InChI is InChI=1S/C23H26Cl2FN3O3S/c1-2-32-23(30)19-18(14-31-11-6-4-3-5-9-24)28-21(22-27-10-12-33-22)29-20(19)16-8-7-15(26)13-17(16)25/h7-8,10,12-13,20H,2-6,9,11,14H2,1H3,(H,28,29). The first kappa shape index (κ1) is 25.6. The van der Waals surface area contributed by atoms with Crippen LogP contribution in [0.1, 0.15) is 49.2 Å². The molecule has 0 aliphatic carbocycles. The van der Waals surface area contributed by atoms with E-state index in [9.17, 15) is 9.18 Å². The van der Waals surface area contributed by atoms with Crippen LogP contribution in [0.3, 0.4) is 0 Å². The number of halogens is 3. The molecule has 0 fully saturated rings. The lowest BCUT2D eigenvalue weighted by Gasteiger charge is -2.27. The summed E-state index contributed by atoms with van der Waals surface area (Å²) in [6.45, 7) is 2.62. The second-order valence-electron chi connectivity index (χ2n) is 7.28. The molecule has 6 nitrogen and oxygen atoms in total. The molecule has 1 atom stereocenters. The van der Waals surface area contributed by atoms with Crippen molar-refractivity contribution in [3.8, 4) is 0 Å². The highest BCUT2D eigenvalue weighted by Crippen LogP contribution is 2.36. The van der Waals surface area contributed by atoms with Gasteiger partial charge in [0.1, 0.15) is 11.9 Å². The van der Waals surface area contributed by atoms with Gasteiger partial charge in [-0.05, 0) is 31.9 Å². The van der Waals surface area contributed by atoms with Gasteiger partial charge in [-0.3, -0.25) is 4.99 Å². The summed E-state index contributed by atoms with van der Waals surface area (Å²) in [7, 11) is 0. The van der Waals surface area contributed by atoms with Crippen LogP contribution in [0.15, 0.2) is 46.0 Å². The number of hydrogen-bond donors (Lipinski definition) is 1. The highest BCUT2D eigenvalue weighted by Gasteiger charge is 2.34. The number of nitrogens with one attached hydrogen (secondary N) is 1. The zero-order valence-electron chi connectivity index (χ0n) is 18.3. The molecule has 178 valence electrons. The number of ether oxygens (including phenoxy) is 2. The average Bonchev–Trinajstić information content (AvgIpc) is 3.33. The van der Waals surface area contributed by atoms with Crippen molar-refractivity contribution in [1.29, 1.82) is 0 Å². The fourth-order valence-electron chi connectivity index (χ4n) is 3.38. The van der Waals surface area contributed by atoms with Crippen LogP contribution in [0.4, 0.5) is 4.39 Å². The molecule has 1 aliphatic rings. The maximum Gasteiger partial charge on any atom is 0.338 e. The minimum Gasteiger partial charge on any atom is -0.463 e. The van der Waals surface area contributed by atoms with Crippen molar-refractivity contribution in [2.24, 2.45) is 4.99 Å². The van der Waals surface area contributed by atoms with Crippen molar-refractivity contribution in [3.63, 3.8) is 0 Å². The van der Waals surface area contributed by atoms with E-state index in [0.29, 0.717) is 34.6 Å². The molecule has 33 heavy (non-hydrogen) atoms. The SMILES string of the molecule is CCOC(=O)C1=C(COCCCCCCCl)NC(c2nccs2)=NC1c1ccc(F)cc1Cl. The van der Waals surface area contributed by atoms with Gasteiger partial charge in [0.2, 0.25) is 0 Å². The first-order valence-corrected chi connectivity index (χ1v) is 12.6. The number of esters is 1. The fourth-order valence-corrected chi connectivity index (χ4v) is 4.43. The third-order valence-corrected chi connectivity index (χ3v) is 6.31. The first-order chi connectivity index (χ1) is 16.0. The second-order valence-corrected chi connectivity index (χ2v) is 8.96. The zero-order chi connectivity index (χ0) is 23.6. The topological polar surface area (TPSA) is 72.8 Å². The van der Waals surface area contributed by atoms with Gasteiger partial charge in [-0.25, -0.2) is 14.2 Å². The number of aromatic nitrogens is 1. The summed E-state index contributed by atoms with van der Waals surface area (Å²) < 4.78 is 24.9. The minimum atomic E-state index is -0.792. The van der Waals surface area contributed by atoms with Crippen molar-refractivity contribution < 1.29 is 18.7 Å². The van der Waals surface area contributed by atoms with E-state index < -0.39 is 17.8 Å². The lowest BCUT2D eigenvalue weighted by Crippen LogP contribution is -2.36. The Hall–Kier alpha value is -2.00. The third kappa shape index (κ3) is 6.99. The summed E-state index contributed by atoms with van der Waals surface area (Å²) in [5.41, 5.74) is 1.31. The quantitative estimate of drug-likeness (QED) is 0.225. The van der Waals surface area contributed by atoms with Gasteiger partial charge in [0, 0.05) is 34.6 Å². The number of benzene rings is 1. The van der Waals surface area contributed by atoms with Crippen LogP contribution in [-0.2, 0) is 14.3 Å². The van der Waals surface area contributed by atoms with Crippen molar-refractivity contribution >= 4 is 46.3 Å². The number of amidine groups is 1. The number of hydrogen-bond acceptors (Lipinski definition) is 7. The molecule has 0 saturated heterocycles. The van der Waals surface area contributed by atoms with Crippen LogP contribution < -0.4 is 5.32 Å². The Balaban J connectivity index is 1.92. The molecule has 2 aromatic rings. The number of aliphatic imine (C=N–C) groups is 1. The number of nitrogens with zero attached hydrogens (tertiary/aromatic N) is 2. The molecule has 2 heterocycles. The fraction of sp³-hybridized carbons (Fsp3) is 0.435. The lowest BCUT2D eigenvalue weighted by atomic mass is 9.95. The lowest BCUT2D eigenvalue weighted by molar-refractivity contribution is -0.139. The summed E-state index contributed by atoms with van der Waals surface area (Å²) in [4.78, 5) is 22.0. The van der Waals surface area contributed by atoms with Crippen LogP contribution in [-0.4, -0.2) is 42.5 Å². The van der Waals surface area contributed by atoms with Crippen LogP contribution >= 0.6 is 34.5 Å². The van der Waals surface area contributed by atoms with Gasteiger partial charge in [0.05, 0.1) is 24.5 Å². The number of carbonyl (C=O) groups excluding carboxylic acids is 1. The van der Waals surface area contributed by atoms with E-state index in [4.69, 9.17) is 37.7 Å². The van der Waals surface area contributed by atoms with Crippen molar-refractivity contribution in [2.75, 3.05) is 25.7 Å². The molecular weight excluding hydrogens is 488 g/mol. The predicted octanol–water partition coefficient (Wildman–Crippen LogP) is 5.66. The van der Waals surface area contributed by atoms with Gasteiger partial charge >= 0.3 is 5.97 Å². The third-order valence-electron chi connectivity index (χ3n) is 4.93. The largest absolute Gasteiger partial charge is 0.463 e. The van der Waals surface area contributed by atoms with Crippen LogP contribution in [0, 0.1) is 5.82 Å². The number of alkyl halides is 1. The summed E-state index contributed by atoms with van der Waals surface area (Å²) >= 11 is 13.5. The molecule has 0 bridgehead atoms. The van der Waals surface area contributed by atoms with Gasteiger partial charge < -0.3 is 14.8 Å².